The summed E-state index contributed by atoms with van der Waals surface area (Å²) in [7, 11) is 0. The minimum atomic E-state index is -0.354. The molecule has 0 spiro atoms. The highest BCUT2D eigenvalue weighted by molar-refractivity contribution is 6.32. The van der Waals surface area contributed by atoms with Gasteiger partial charge in [-0.05, 0) is 29.8 Å². The fraction of sp³-hybridized carbons (Fsp3) is 0.0714. The quantitative estimate of drug-likeness (QED) is 0.525. The largest absolute Gasteiger partial charge is 0.425 e. The second-order valence-corrected chi connectivity index (χ2v) is 4.23. The number of rotatable bonds is 3. The first-order valence-corrected chi connectivity index (χ1v) is 5.82. The third-order valence-corrected chi connectivity index (χ3v) is 2.70. The smallest absolute Gasteiger partial charge is 0.315 e. The Morgan fingerprint density at radius 3 is 2.44 bits per heavy atom. The summed E-state index contributed by atoms with van der Waals surface area (Å²) in [5, 5.41) is 0.420. The van der Waals surface area contributed by atoms with Crippen molar-refractivity contribution in [2.45, 2.75) is 6.42 Å². The van der Waals surface area contributed by atoms with Gasteiger partial charge in [-0.15, -0.1) is 0 Å². The van der Waals surface area contributed by atoms with E-state index in [-0.39, 0.29) is 12.4 Å². The summed E-state index contributed by atoms with van der Waals surface area (Å²) in [6.07, 6.45) is 0.186. The van der Waals surface area contributed by atoms with Gasteiger partial charge in [-0.25, -0.2) is 0 Å². The number of esters is 1. The molecule has 0 heterocycles. The van der Waals surface area contributed by atoms with Crippen molar-refractivity contribution in [2.24, 2.45) is 0 Å². The Kier molecular flexibility index (Phi) is 3.85. The number of carbonyl (C=O) groups excluding carboxylic acids is 1. The van der Waals surface area contributed by atoms with Gasteiger partial charge < -0.3 is 10.5 Å². The van der Waals surface area contributed by atoms with Crippen LogP contribution in [0.5, 0.6) is 5.75 Å². The standard InChI is InChI=1S/C14H12ClNO2/c15-12-3-1-2-4-13(12)18-14(17)9-10-5-7-11(16)8-6-10/h1-8H,9,16H2. The zero-order chi connectivity index (χ0) is 13.0. The van der Waals surface area contributed by atoms with E-state index in [1.54, 1.807) is 48.5 Å². The molecule has 0 saturated carbocycles. The van der Waals surface area contributed by atoms with E-state index in [2.05, 4.69) is 0 Å². The first-order chi connectivity index (χ1) is 8.65. The van der Waals surface area contributed by atoms with Crippen LogP contribution in [-0.2, 0) is 11.2 Å². The van der Waals surface area contributed by atoms with Crippen LogP contribution >= 0.6 is 11.6 Å². The van der Waals surface area contributed by atoms with Gasteiger partial charge in [0.1, 0.15) is 5.75 Å². The van der Waals surface area contributed by atoms with Gasteiger partial charge in [0.2, 0.25) is 0 Å². The molecule has 2 N–H and O–H groups in total. The summed E-state index contributed by atoms with van der Waals surface area (Å²) < 4.78 is 5.18. The molecule has 0 saturated heterocycles. The van der Waals surface area contributed by atoms with E-state index in [4.69, 9.17) is 22.1 Å². The van der Waals surface area contributed by atoms with Crippen molar-refractivity contribution in [1.29, 1.82) is 0 Å². The van der Waals surface area contributed by atoms with Crippen molar-refractivity contribution >= 4 is 23.3 Å². The molecule has 0 fully saturated rings. The Hall–Kier alpha value is -2.00. The summed E-state index contributed by atoms with van der Waals surface area (Å²) in [6, 6.07) is 14.0. The monoisotopic (exact) mass is 261 g/mol. The van der Waals surface area contributed by atoms with Gasteiger partial charge in [0.25, 0.3) is 0 Å². The average Bonchev–Trinajstić information content (AvgIpc) is 2.35. The van der Waals surface area contributed by atoms with Gasteiger partial charge in [0.15, 0.2) is 0 Å². The van der Waals surface area contributed by atoms with E-state index >= 15 is 0 Å². The Labute approximate surface area is 110 Å². The number of carbonyl (C=O) groups is 1. The number of anilines is 1. The molecule has 0 aliphatic carbocycles. The lowest BCUT2D eigenvalue weighted by Crippen LogP contribution is -2.11. The molecule has 0 aromatic heterocycles. The summed E-state index contributed by atoms with van der Waals surface area (Å²) in [4.78, 5) is 11.7. The zero-order valence-electron chi connectivity index (χ0n) is 9.60. The van der Waals surface area contributed by atoms with E-state index < -0.39 is 0 Å². The van der Waals surface area contributed by atoms with Gasteiger partial charge >= 0.3 is 5.97 Å². The molecule has 0 unspecified atom stereocenters. The number of benzene rings is 2. The van der Waals surface area contributed by atoms with E-state index in [1.165, 1.54) is 0 Å². The van der Waals surface area contributed by atoms with Crippen molar-refractivity contribution in [3.8, 4) is 5.75 Å². The van der Waals surface area contributed by atoms with Crippen molar-refractivity contribution in [3.05, 3.63) is 59.1 Å². The molecule has 0 amide bonds. The van der Waals surface area contributed by atoms with Crippen molar-refractivity contribution < 1.29 is 9.53 Å². The molecule has 0 bridgehead atoms. The fourth-order valence-electron chi connectivity index (χ4n) is 1.49. The van der Waals surface area contributed by atoms with Gasteiger partial charge in [-0.2, -0.15) is 0 Å². The Morgan fingerprint density at radius 2 is 1.78 bits per heavy atom. The topological polar surface area (TPSA) is 52.3 Å². The molecule has 0 radical (unpaired) electrons. The number of halogens is 1. The molecule has 2 aromatic rings. The highest BCUT2D eigenvalue weighted by Gasteiger charge is 2.08. The van der Waals surface area contributed by atoms with Crippen LogP contribution in [0.3, 0.4) is 0 Å². The van der Waals surface area contributed by atoms with Crippen LogP contribution in [0.15, 0.2) is 48.5 Å². The molecule has 18 heavy (non-hydrogen) atoms. The molecule has 0 aliphatic rings. The van der Waals surface area contributed by atoms with E-state index in [0.717, 1.165) is 5.56 Å². The van der Waals surface area contributed by atoms with Crippen LogP contribution in [0.2, 0.25) is 5.02 Å². The highest BCUT2D eigenvalue weighted by Crippen LogP contribution is 2.23. The highest BCUT2D eigenvalue weighted by atomic mass is 35.5. The lowest BCUT2D eigenvalue weighted by Gasteiger charge is -2.06. The molecule has 2 rings (SSSR count). The lowest BCUT2D eigenvalue weighted by atomic mass is 10.1. The maximum absolute atomic E-state index is 11.7. The van der Waals surface area contributed by atoms with Crippen LogP contribution in [0.1, 0.15) is 5.56 Å². The van der Waals surface area contributed by atoms with Crippen LogP contribution in [-0.4, -0.2) is 5.97 Å². The molecule has 4 heteroatoms. The number of hydrogen-bond acceptors (Lipinski definition) is 3. The molecular weight excluding hydrogens is 250 g/mol. The van der Waals surface area contributed by atoms with Crippen molar-refractivity contribution in [1.82, 2.24) is 0 Å². The molecule has 2 aromatic carbocycles. The Balaban J connectivity index is 2.01. The normalized spacial score (nSPS) is 10.1. The minimum absolute atomic E-state index is 0.186. The summed E-state index contributed by atoms with van der Waals surface area (Å²) in [6.45, 7) is 0. The van der Waals surface area contributed by atoms with Gasteiger partial charge in [-0.1, -0.05) is 35.9 Å². The zero-order valence-corrected chi connectivity index (χ0v) is 10.4. The minimum Gasteiger partial charge on any atom is -0.425 e. The predicted octanol–water partition coefficient (Wildman–Crippen LogP) is 3.07. The second-order valence-electron chi connectivity index (χ2n) is 3.82. The molecule has 0 atom stereocenters. The van der Waals surface area contributed by atoms with Crippen molar-refractivity contribution in [3.63, 3.8) is 0 Å². The van der Waals surface area contributed by atoms with Crippen molar-refractivity contribution in [2.75, 3.05) is 5.73 Å². The first kappa shape index (κ1) is 12.5. The Morgan fingerprint density at radius 1 is 1.11 bits per heavy atom. The third kappa shape index (κ3) is 3.25. The number of nitrogen functional groups attached to an aromatic ring is 1. The molecule has 92 valence electrons. The lowest BCUT2D eigenvalue weighted by molar-refractivity contribution is -0.133. The van der Waals surface area contributed by atoms with Gasteiger partial charge in [-0.3, -0.25) is 4.79 Å². The van der Waals surface area contributed by atoms with E-state index in [0.29, 0.717) is 16.5 Å². The molecule has 0 aliphatic heterocycles. The van der Waals surface area contributed by atoms with Crippen LogP contribution in [0, 0.1) is 0 Å². The van der Waals surface area contributed by atoms with Crippen LogP contribution in [0.4, 0.5) is 5.69 Å². The van der Waals surface area contributed by atoms with Crippen LogP contribution in [0.25, 0.3) is 0 Å². The van der Waals surface area contributed by atoms with E-state index in [1.807, 2.05) is 0 Å². The number of hydrogen-bond donors (Lipinski definition) is 1. The van der Waals surface area contributed by atoms with Crippen LogP contribution < -0.4 is 10.5 Å². The number of para-hydroxylation sites is 1. The predicted molar refractivity (Wildman–Crippen MR) is 71.6 cm³/mol. The van der Waals surface area contributed by atoms with Gasteiger partial charge in [0, 0.05) is 5.69 Å². The first-order valence-electron chi connectivity index (χ1n) is 5.45. The maximum atomic E-state index is 11.7. The maximum Gasteiger partial charge on any atom is 0.315 e. The molecular formula is C14H12ClNO2. The van der Waals surface area contributed by atoms with Gasteiger partial charge in [0.05, 0.1) is 11.4 Å². The summed E-state index contributed by atoms with van der Waals surface area (Å²) in [5.41, 5.74) is 7.08. The number of nitrogens with two attached hydrogens (primary N) is 1. The molecule has 3 nitrogen and oxygen atoms in total. The second kappa shape index (κ2) is 5.56. The average molecular weight is 262 g/mol. The summed E-state index contributed by atoms with van der Waals surface area (Å²) in [5.74, 6) is 0.0208. The van der Waals surface area contributed by atoms with E-state index in [9.17, 15) is 4.79 Å². The number of ether oxygens (including phenoxy) is 1. The summed E-state index contributed by atoms with van der Waals surface area (Å²) >= 11 is 5.90. The SMILES string of the molecule is Nc1ccc(CC(=O)Oc2ccccc2Cl)cc1. The third-order valence-electron chi connectivity index (χ3n) is 2.39. The Bertz CT molecular complexity index is 552. The fourth-order valence-corrected chi connectivity index (χ4v) is 1.66.